The van der Waals surface area contributed by atoms with Gasteiger partial charge in [-0.3, -0.25) is 4.79 Å². The summed E-state index contributed by atoms with van der Waals surface area (Å²) in [6.07, 6.45) is 5.28. The maximum Gasteiger partial charge on any atom is 0.221 e. The maximum atomic E-state index is 11.8. The molecular formula is C13H20N2O2. The lowest BCUT2D eigenvalue weighted by molar-refractivity contribution is -0.122. The zero-order chi connectivity index (χ0) is 12.1. The van der Waals surface area contributed by atoms with E-state index in [2.05, 4.69) is 10.6 Å². The van der Waals surface area contributed by atoms with Crippen LogP contribution in [0.25, 0.3) is 0 Å². The highest BCUT2D eigenvalue weighted by molar-refractivity contribution is 5.76. The molecule has 0 spiro atoms. The molecule has 1 aliphatic rings. The van der Waals surface area contributed by atoms with Crippen LogP contribution in [0.4, 0.5) is 0 Å². The Labute approximate surface area is 102 Å². The van der Waals surface area contributed by atoms with Crippen molar-refractivity contribution in [2.24, 2.45) is 0 Å². The Hall–Kier alpha value is -1.29. The van der Waals surface area contributed by atoms with Gasteiger partial charge in [0.25, 0.3) is 0 Å². The fraction of sp³-hybridized carbons (Fsp3) is 0.615. The summed E-state index contributed by atoms with van der Waals surface area (Å²) in [6.45, 7) is 3.04. The Morgan fingerprint density at radius 2 is 2.59 bits per heavy atom. The SMILES string of the molecule is CC(Cc1ccco1)NC(=O)CC1CCCN1. The van der Waals surface area contributed by atoms with Crippen molar-refractivity contribution in [1.82, 2.24) is 10.6 Å². The first-order chi connectivity index (χ1) is 8.24. The molecule has 0 saturated carbocycles. The molecule has 0 radical (unpaired) electrons. The molecule has 0 aliphatic carbocycles. The lowest BCUT2D eigenvalue weighted by atomic mass is 10.1. The van der Waals surface area contributed by atoms with Crippen LogP contribution in [0.3, 0.4) is 0 Å². The van der Waals surface area contributed by atoms with Gasteiger partial charge in [0.15, 0.2) is 0 Å². The van der Waals surface area contributed by atoms with E-state index < -0.39 is 0 Å². The second kappa shape index (κ2) is 5.87. The van der Waals surface area contributed by atoms with E-state index in [1.54, 1.807) is 6.26 Å². The van der Waals surface area contributed by atoms with Gasteiger partial charge in [0, 0.05) is 24.9 Å². The highest BCUT2D eigenvalue weighted by Crippen LogP contribution is 2.09. The Morgan fingerprint density at radius 3 is 3.24 bits per heavy atom. The molecule has 4 heteroatoms. The van der Waals surface area contributed by atoms with Crippen molar-refractivity contribution in [3.8, 4) is 0 Å². The summed E-state index contributed by atoms with van der Waals surface area (Å²) in [7, 11) is 0. The number of amides is 1. The molecule has 94 valence electrons. The number of carbonyl (C=O) groups is 1. The predicted octanol–water partition coefficient (Wildman–Crippen LogP) is 1.47. The smallest absolute Gasteiger partial charge is 0.221 e. The van der Waals surface area contributed by atoms with Crippen LogP contribution in [0.2, 0.25) is 0 Å². The van der Waals surface area contributed by atoms with E-state index in [1.165, 1.54) is 6.42 Å². The maximum absolute atomic E-state index is 11.8. The minimum absolute atomic E-state index is 0.120. The molecule has 2 unspecified atom stereocenters. The van der Waals surface area contributed by atoms with E-state index in [0.29, 0.717) is 12.5 Å². The van der Waals surface area contributed by atoms with Crippen LogP contribution in [-0.2, 0) is 11.2 Å². The summed E-state index contributed by atoms with van der Waals surface area (Å²) in [6, 6.07) is 4.29. The summed E-state index contributed by atoms with van der Waals surface area (Å²) in [4.78, 5) is 11.8. The van der Waals surface area contributed by atoms with Gasteiger partial charge in [-0.25, -0.2) is 0 Å². The molecule has 17 heavy (non-hydrogen) atoms. The molecule has 1 fully saturated rings. The van der Waals surface area contributed by atoms with Crippen LogP contribution < -0.4 is 10.6 Å². The van der Waals surface area contributed by atoms with Crippen LogP contribution in [0.1, 0.15) is 31.9 Å². The van der Waals surface area contributed by atoms with Crippen molar-refractivity contribution in [1.29, 1.82) is 0 Å². The minimum Gasteiger partial charge on any atom is -0.469 e. The Balaban J connectivity index is 1.70. The van der Waals surface area contributed by atoms with Crippen LogP contribution in [0, 0.1) is 0 Å². The van der Waals surface area contributed by atoms with Gasteiger partial charge < -0.3 is 15.1 Å². The summed E-state index contributed by atoms with van der Waals surface area (Å²) in [5.74, 6) is 1.04. The summed E-state index contributed by atoms with van der Waals surface area (Å²) >= 11 is 0. The molecule has 1 aliphatic heterocycles. The van der Waals surface area contributed by atoms with Crippen molar-refractivity contribution < 1.29 is 9.21 Å². The molecule has 0 aromatic carbocycles. The van der Waals surface area contributed by atoms with Crippen LogP contribution in [-0.4, -0.2) is 24.5 Å². The lowest BCUT2D eigenvalue weighted by Crippen LogP contribution is -2.37. The zero-order valence-corrected chi connectivity index (χ0v) is 10.2. The number of hydrogen-bond acceptors (Lipinski definition) is 3. The monoisotopic (exact) mass is 236 g/mol. The minimum atomic E-state index is 0.120. The van der Waals surface area contributed by atoms with Crippen molar-refractivity contribution in [2.75, 3.05) is 6.54 Å². The average Bonchev–Trinajstić information content (AvgIpc) is 2.90. The second-order valence-corrected chi connectivity index (χ2v) is 4.75. The van der Waals surface area contributed by atoms with E-state index in [9.17, 15) is 4.79 Å². The third-order valence-corrected chi connectivity index (χ3v) is 3.09. The normalized spacial score (nSPS) is 21.4. The molecule has 2 atom stereocenters. The van der Waals surface area contributed by atoms with Crippen LogP contribution in [0.5, 0.6) is 0 Å². The molecule has 2 rings (SSSR count). The second-order valence-electron chi connectivity index (χ2n) is 4.75. The molecular weight excluding hydrogens is 216 g/mol. The molecule has 4 nitrogen and oxygen atoms in total. The van der Waals surface area contributed by atoms with Gasteiger partial charge >= 0.3 is 0 Å². The van der Waals surface area contributed by atoms with Crippen molar-refractivity contribution in [3.05, 3.63) is 24.2 Å². The van der Waals surface area contributed by atoms with E-state index >= 15 is 0 Å². The molecule has 2 heterocycles. The van der Waals surface area contributed by atoms with Gasteiger partial charge in [0.1, 0.15) is 5.76 Å². The fourth-order valence-corrected chi connectivity index (χ4v) is 2.27. The predicted molar refractivity (Wildman–Crippen MR) is 65.7 cm³/mol. The van der Waals surface area contributed by atoms with E-state index in [0.717, 1.165) is 25.1 Å². The molecule has 0 bridgehead atoms. The number of carbonyl (C=O) groups excluding carboxylic acids is 1. The average molecular weight is 236 g/mol. The number of furan rings is 1. The molecule has 1 aromatic rings. The first-order valence-electron chi connectivity index (χ1n) is 6.29. The van der Waals surface area contributed by atoms with Crippen molar-refractivity contribution >= 4 is 5.91 Å². The fourth-order valence-electron chi connectivity index (χ4n) is 2.27. The largest absolute Gasteiger partial charge is 0.469 e. The topological polar surface area (TPSA) is 54.3 Å². The molecule has 1 amide bonds. The Kier molecular flexibility index (Phi) is 4.20. The highest BCUT2D eigenvalue weighted by Gasteiger charge is 2.18. The quantitative estimate of drug-likeness (QED) is 0.814. The van der Waals surface area contributed by atoms with E-state index in [1.807, 2.05) is 19.1 Å². The third-order valence-electron chi connectivity index (χ3n) is 3.09. The van der Waals surface area contributed by atoms with Crippen molar-refractivity contribution in [2.45, 2.75) is 44.7 Å². The Morgan fingerprint density at radius 1 is 1.71 bits per heavy atom. The summed E-state index contributed by atoms with van der Waals surface area (Å²) in [5.41, 5.74) is 0. The third kappa shape index (κ3) is 3.89. The van der Waals surface area contributed by atoms with E-state index in [-0.39, 0.29) is 11.9 Å². The van der Waals surface area contributed by atoms with Gasteiger partial charge in [-0.05, 0) is 38.4 Å². The highest BCUT2D eigenvalue weighted by atomic mass is 16.3. The van der Waals surface area contributed by atoms with Gasteiger partial charge in [0.2, 0.25) is 5.91 Å². The van der Waals surface area contributed by atoms with Gasteiger partial charge in [-0.1, -0.05) is 0 Å². The van der Waals surface area contributed by atoms with Crippen LogP contribution in [0.15, 0.2) is 22.8 Å². The molecule has 2 N–H and O–H groups in total. The first kappa shape index (κ1) is 12.2. The van der Waals surface area contributed by atoms with Crippen LogP contribution >= 0.6 is 0 Å². The lowest BCUT2D eigenvalue weighted by Gasteiger charge is -2.15. The standard InChI is InChI=1S/C13H20N2O2/c1-10(8-12-5-3-7-17-12)15-13(16)9-11-4-2-6-14-11/h3,5,7,10-11,14H,2,4,6,8-9H2,1H3,(H,15,16). The first-order valence-corrected chi connectivity index (χ1v) is 6.29. The van der Waals surface area contributed by atoms with E-state index in [4.69, 9.17) is 4.42 Å². The molecule has 1 saturated heterocycles. The summed E-state index contributed by atoms with van der Waals surface area (Å²) < 4.78 is 5.26. The number of rotatable bonds is 5. The zero-order valence-electron chi connectivity index (χ0n) is 10.2. The molecule has 1 aromatic heterocycles. The van der Waals surface area contributed by atoms with Gasteiger partial charge in [0.05, 0.1) is 6.26 Å². The number of hydrogen-bond donors (Lipinski definition) is 2. The Bertz CT molecular complexity index is 342. The number of nitrogens with one attached hydrogen (secondary N) is 2. The van der Waals surface area contributed by atoms with Gasteiger partial charge in [-0.15, -0.1) is 0 Å². The van der Waals surface area contributed by atoms with Gasteiger partial charge in [-0.2, -0.15) is 0 Å². The van der Waals surface area contributed by atoms with Crippen molar-refractivity contribution in [3.63, 3.8) is 0 Å². The summed E-state index contributed by atoms with van der Waals surface area (Å²) in [5, 5.41) is 6.33.